The Kier molecular flexibility index (Phi) is 8.25. The zero-order valence-corrected chi connectivity index (χ0v) is 15.7. The number of hydrogen-bond donors (Lipinski definition) is 2. The van der Waals surface area contributed by atoms with Crippen LogP contribution < -0.4 is 11.1 Å². The highest BCUT2D eigenvalue weighted by molar-refractivity contribution is 7.19. The van der Waals surface area contributed by atoms with Gasteiger partial charge in [-0.15, -0.1) is 11.3 Å². The first-order valence-electron chi connectivity index (χ1n) is 8.04. The first-order chi connectivity index (χ1) is 12.4. The van der Waals surface area contributed by atoms with Crippen molar-refractivity contribution < 1.29 is 14.3 Å². The van der Waals surface area contributed by atoms with Crippen LogP contribution in [0.2, 0.25) is 0 Å². The van der Waals surface area contributed by atoms with E-state index >= 15 is 0 Å². The van der Waals surface area contributed by atoms with Gasteiger partial charge in [0.2, 0.25) is 5.78 Å². The molecule has 0 radical (unpaired) electrons. The number of nitrogens with zero attached hydrogens (tertiary/aromatic N) is 2. The number of nitrogens with one attached hydrogen (secondary N) is 1. The number of aliphatic imine (C=N–C) groups is 1. The molecule has 1 unspecified atom stereocenters. The average Bonchev–Trinajstić information content (AvgIpc) is 3.16. The van der Waals surface area contributed by atoms with Gasteiger partial charge in [0.05, 0.1) is 12.3 Å². The predicted molar refractivity (Wildman–Crippen MR) is 105 cm³/mol. The molecule has 2 rings (SSSR count). The summed E-state index contributed by atoms with van der Waals surface area (Å²) in [6, 6.07) is 1.40. The van der Waals surface area contributed by atoms with Crippen molar-refractivity contribution in [3.63, 3.8) is 0 Å². The Morgan fingerprint density at radius 3 is 2.69 bits per heavy atom. The Morgan fingerprint density at radius 1 is 1.58 bits per heavy atom. The molecular formula is C18H22N4O3S. The van der Waals surface area contributed by atoms with E-state index in [9.17, 15) is 14.9 Å². The van der Waals surface area contributed by atoms with Crippen molar-refractivity contribution in [3.8, 4) is 6.07 Å². The smallest absolute Gasteiger partial charge is 0.328 e. The normalized spacial score (nSPS) is 16.0. The van der Waals surface area contributed by atoms with Gasteiger partial charge in [0.1, 0.15) is 33.2 Å². The molecule has 0 bridgehead atoms. The number of nitrogens with two attached hydrogens (primary N) is 1. The van der Waals surface area contributed by atoms with Gasteiger partial charge in [-0.05, 0) is 12.8 Å². The number of nitrogen functional groups attached to an aromatic ring is 1. The van der Waals surface area contributed by atoms with E-state index in [0.29, 0.717) is 18.0 Å². The lowest BCUT2D eigenvalue weighted by atomic mass is 10.1. The molecule has 0 aliphatic carbocycles. The minimum atomic E-state index is -0.552. The molecule has 26 heavy (non-hydrogen) atoms. The fourth-order valence-corrected chi connectivity index (χ4v) is 3.11. The number of nitriles is 1. The monoisotopic (exact) mass is 374 g/mol. The van der Waals surface area contributed by atoms with Gasteiger partial charge in [-0.25, -0.2) is 4.79 Å². The van der Waals surface area contributed by atoms with Crippen molar-refractivity contribution in [2.45, 2.75) is 32.7 Å². The number of hydrogen-bond acceptors (Lipinski definition) is 8. The first kappa shape index (κ1) is 21.1. The number of allylic oxidation sites excluding steroid dienone is 3. The molecule has 7 nitrogen and oxygen atoms in total. The molecule has 2 heterocycles. The molecule has 0 amide bonds. The van der Waals surface area contributed by atoms with E-state index in [2.05, 4.69) is 37.5 Å². The van der Waals surface area contributed by atoms with E-state index in [0.717, 1.165) is 11.3 Å². The highest BCUT2D eigenvalue weighted by Crippen LogP contribution is 2.37. The third-order valence-electron chi connectivity index (χ3n) is 3.18. The number of rotatable bonds is 6. The number of thiophene rings is 1. The molecule has 1 saturated heterocycles. The quantitative estimate of drug-likeness (QED) is 0.259. The Labute approximate surface area is 156 Å². The zero-order valence-electron chi connectivity index (χ0n) is 14.9. The van der Waals surface area contributed by atoms with E-state index in [1.54, 1.807) is 0 Å². The SMILES string of the molecule is C=C/C=C(\N=C)C(=O)c1sc(NC2CCOC2=O)c(C#N)c1N.CCC. The topological polar surface area (TPSA) is 118 Å². The summed E-state index contributed by atoms with van der Waals surface area (Å²) in [4.78, 5) is 27.8. The summed E-state index contributed by atoms with van der Waals surface area (Å²) in [6.07, 6.45) is 4.55. The maximum atomic E-state index is 12.4. The van der Waals surface area contributed by atoms with Crippen LogP contribution in [-0.4, -0.2) is 31.1 Å². The molecule has 0 aromatic carbocycles. The summed E-state index contributed by atoms with van der Waals surface area (Å²) in [5, 5.41) is 12.6. The fourth-order valence-electron chi connectivity index (χ4n) is 2.04. The van der Waals surface area contributed by atoms with Crippen LogP contribution in [0.25, 0.3) is 0 Å². The Hall–Kier alpha value is -2.92. The minimum Gasteiger partial charge on any atom is -0.464 e. The lowest BCUT2D eigenvalue weighted by molar-refractivity contribution is -0.138. The van der Waals surface area contributed by atoms with Gasteiger partial charge in [0.15, 0.2) is 0 Å². The molecule has 1 aliphatic rings. The van der Waals surface area contributed by atoms with Crippen LogP contribution in [0.1, 0.15) is 41.9 Å². The number of carbonyl (C=O) groups is 2. The summed E-state index contributed by atoms with van der Waals surface area (Å²) in [5.41, 5.74) is 6.16. The highest BCUT2D eigenvalue weighted by Gasteiger charge is 2.30. The number of ether oxygens (including phenoxy) is 1. The second-order valence-corrected chi connectivity index (χ2v) is 6.32. The van der Waals surface area contributed by atoms with Gasteiger partial charge < -0.3 is 15.8 Å². The second-order valence-electron chi connectivity index (χ2n) is 5.30. The molecule has 8 heteroatoms. The van der Waals surface area contributed by atoms with Crippen molar-refractivity contribution in [2.75, 3.05) is 17.7 Å². The standard InChI is InChI=1S/C15H14N4O3S.C3H8/c1-3-4-9(18-2)12(20)13-11(17)8(7-16)14(23-13)19-10-5-6-22-15(10)21;1-3-2/h3-4,10,19H,1-2,5-6,17H2;3H2,1-2H3/b9-4-;. The van der Waals surface area contributed by atoms with Gasteiger partial charge in [0.25, 0.3) is 0 Å². The van der Waals surface area contributed by atoms with Gasteiger partial charge in [0, 0.05) is 6.42 Å². The maximum absolute atomic E-state index is 12.4. The lowest BCUT2D eigenvalue weighted by Crippen LogP contribution is -2.24. The molecule has 1 fully saturated rings. The van der Waals surface area contributed by atoms with E-state index in [-0.39, 0.29) is 21.8 Å². The fraction of sp³-hybridized carbons (Fsp3) is 0.333. The number of cyclic esters (lactones) is 1. The van der Waals surface area contributed by atoms with Crippen LogP contribution in [0.15, 0.2) is 29.4 Å². The number of anilines is 2. The molecule has 0 spiro atoms. The van der Waals surface area contributed by atoms with E-state index < -0.39 is 17.8 Å². The third kappa shape index (κ3) is 4.80. The number of carbonyl (C=O) groups excluding carboxylic acids is 2. The molecule has 3 N–H and O–H groups in total. The Balaban J connectivity index is 0.00000105. The molecule has 0 saturated carbocycles. The van der Waals surface area contributed by atoms with Crippen LogP contribution in [0.4, 0.5) is 10.7 Å². The Morgan fingerprint density at radius 2 is 2.23 bits per heavy atom. The summed E-state index contributed by atoms with van der Waals surface area (Å²) in [5.74, 6) is -0.852. The van der Waals surface area contributed by atoms with Gasteiger partial charge in [-0.1, -0.05) is 32.9 Å². The van der Waals surface area contributed by atoms with Gasteiger partial charge in [-0.3, -0.25) is 9.79 Å². The van der Waals surface area contributed by atoms with E-state index in [1.807, 2.05) is 6.07 Å². The van der Waals surface area contributed by atoms with Crippen LogP contribution in [0.3, 0.4) is 0 Å². The van der Waals surface area contributed by atoms with Crippen molar-refractivity contribution in [3.05, 3.63) is 34.9 Å². The highest BCUT2D eigenvalue weighted by atomic mass is 32.1. The second kappa shape index (κ2) is 10.2. The summed E-state index contributed by atoms with van der Waals surface area (Å²) in [6.45, 7) is 11.4. The first-order valence-corrected chi connectivity index (χ1v) is 8.86. The summed E-state index contributed by atoms with van der Waals surface area (Å²) in [7, 11) is 0. The van der Waals surface area contributed by atoms with Crippen LogP contribution in [-0.2, 0) is 9.53 Å². The van der Waals surface area contributed by atoms with E-state index in [1.165, 1.54) is 18.6 Å². The average molecular weight is 374 g/mol. The van der Waals surface area contributed by atoms with Crippen molar-refractivity contribution in [1.82, 2.24) is 0 Å². The zero-order chi connectivity index (χ0) is 19.7. The minimum absolute atomic E-state index is 0.0509. The summed E-state index contributed by atoms with van der Waals surface area (Å²) >= 11 is 0.998. The van der Waals surface area contributed by atoms with Gasteiger partial charge >= 0.3 is 5.97 Å². The number of ketones is 1. The van der Waals surface area contributed by atoms with Crippen molar-refractivity contribution in [2.24, 2.45) is 4.99 Å². The maximum Gasteiger partial charge on any atom is 0.328 e. The summed E-state index contributed by atoms with van der Waals surface area (Å²) < 4.78 is 4.86. The molecular weight excluding hydrogens is 352 g/mol. The Bertz CT molecular complexity index is 774. The van der Waals surface area contributed by atoms with Crippen molar-refractivity contribution in [1.29, 1.82) is 5.26 Å². The molecule has 1 aromatic rings. The molecule has 1 aromatic heterocycles. The molecule has 138 valence electrons. The van der Waals surface area contributed by atoms with Crippen molar-refractivity contribution >= 4 is 40.5 Å². The number of Topliss-reactive ketones (excluding diaryl/α,β-unsaturated/α-hetero) is 1. The van der Waals surface area contributed by atoms with Crippen LogP contribution in [0.5, 0.6) is 0 Å². The third-order valence-corrected chi connectivity index (χ3v) is 4.32. The van der Waals surface area contributed by atoms with Crippen LogP contribution >= 0.6 is 11.3 Å². The number of esters is 1. The lowest BCUT2D eigenvalue weighted by Gasteiger charge is -2.07. The van der Waals surface area contributed by atoms with E-state index in [4.69, 9.17) is 10.5 Å². The predicted octanol–water partition coefficient (Wildman–Crippen LogP) is 3.30. The molecule has 1 atom stereocenters. The molecule has 1 aliphatic heterocycles. The van der Waals surface area contributed by atoms with Gasteiger partial charge in [-0.2, -0.15) is 5.26 Å². The largest absolute Gasteiger partial charge is 0.464 e. The van der Waals surface area contributed by atoms with Crippen LogP contribution in [0, 0.1) is 11.3 Å².